The second-order valence-electron chi connectivity index (χ2n) is 5.52. The van der Waals surface area contributed by atoms with Gasteiger partial charge in [0.15, 0.2) is 0 Å². The molecule has 0 aromatic heterocycles. The maximum absolute atomic E-state index is 3.73. The number of anilines is 1. The molecule has 2 nitrogen and oxygen atoms in total. The van der Waals surface area contributed by atoms with Crippen molar-refractivity contribution in [3.05, 3.63) is 27.7 Å². The molecule has 1 heterocycles. The van der Waals surface area contributed by atoms with Gasteiger partial charge in [-0.05, 0) is 66.4 Å². The van der Waals surface area contributed by atoms with E-state index in [9.17, 15) is 0 Å². The molecule has 0 spiro atoms. The van der Waals surface area contributed by atoms with Crippen LogP contribution in [0.1, 0.15) is 24.5 Å². The molecular formula is C15H23BrN2. The fourth-order valence-corrected chi connectivity index (χ4v) is 4.01. The smallest absolute Gasteiger partial charge is 0.0540 e. The summed E-state index contributed by atoms with van der Waals surface area (Å²) in [5.41, 5.74) is 4.07. The Morgan fingerprint density at radius 3 is 2.61 bits per heavy atom. The van der Waals surface area contributed by atoms with Gasteiger partial charge in [0, 0.05) is 23.6 Å². The first-order chi connectivity index (χ1) is 8.52. The van der Waals surface area contributed by atoms with Crippen LogP contribution in [0.5, 0.6) is 0 Å². The van der Waals surface area contributed by atoms with E-state index in [1.54, 1.807) is 0 Å². The molecule has 0 radical (unpaired) electrons. The lowest BCUT2D eigenvalue weighted by atomic mass is 9.93. The number of nitrogens with zero attached hydrogens (tertiary/aromatic N) is 1. The van der Waals surface area contributed by atoms with Crippen LogP contribution >= 0.6 is 15.9 Å². The zero-order valence-corrected chi connectivity index (χ0v) is 13.3. The van der Waals surface area contributed by atoms with Crippen LogP contribution in [0.15, 0.2) is 16.6 Å². The standard InChI is InChI=1S/C15H23BrN2/c1-10-7-11(2)15(13(16)8-10)18-6-5-14(17-4)12(3)9-18/h7-8,12,14,17H,5-6,9H2,1-4H3. The van der Waals surface area contributed by atoms with Gasteiger partial charge < -0.3 is 10.2 Å². The minimum atomic E-state index is 0.658. The summed E-state index contributed by atoms with van der Waals surface area (Å²) in [6.07, 6.45) is 1.22. The first-order valence-corrected chi connectivity index (χ1v) is 7.51. The number of piperidine rings is 1. The molecule has 2 rings (SSSR count). The minimum absolute atomic E-state index is 0.658. The van der Waals surface area contributed by atoms with Crippen molar-refractivity contribution in [3.8, 4) is 0 Å². The van der Waals surface area contributed by atoms with Crippen molar-refractivity contribution in [2.24, 2.45) is 5.92 Å². The molecule has 18 heavy (non-hydrogen) atoms. The van der Waals surface area contributed by atoms with Gasteiger partial charge in [0.25, 0.3) is 0 Å². The Balaban J connectivity index is 2.23. The van der Waals surface area contributed by atoms with Crippen LogP contribution in [-0.4, -0.2) is 26.2 Å². The monoisotopic (exact) mass is 310 g/mol. The topological polar surface area (TPSA) is 15.3 Å². The largest absolute Gasteiger partial charge is 0.370 e. The molecule has 1 aliphatic rings. The summed E-state index contributed by atoms with van der Waals surface area (Å²) < 4.78 is 1.23. The summed E-state index contributed by atoms with van der Waals surface area (Å²) in [5.74, 6) is 0.691. The minimum Gasteiger partial charge on any atom is -0.370 e. The third-order valence-corrected chi connectivity index (χ3v) is 4.60. The van der Waals surface area contributed by atoms with Crippen LogP contribution in [-0.2, 0) is 0 Å². The highest BCUT2D eigenvalue weighted by molar-refractivity contribution is 9.10. The molecule has 1 saturated heterocycles. The summed E-state index contributed by atoms with van der Waals surface area (Å²) in [7, 11) is 2.07. The molecule has 2 unspecified atom stereocenters. The van der Waals surface area contributed by atoms with E-state index >= 15 is 0 Å². The number of rotatable bonds is 2. The average Bonchev–Trinajstić information content (AvgIpc) is 2.27. The number of benzene rings is 1. The van der Waals surface area contributed by atoms with Crippen LogP contribution < -0.4 is 10.2 Å². The van der Waals surface area contributed by atoms with Gasteiger partial charge in [-0.2, -0.15) is 0 Å². The second-order valence-corrected chi connectivity index (χ2v) is 6.37. The fraction of sp³-hybridized carbons (Fsp3) is 0.600. The van der Waals surface area contributed by atoms with Gasteiger partial charge in [-0.3, -0.25) is 0 Å². The van der Waals surface area contributed by atoms with Crippen LogP contribution in [0.4, 0.5) is 5.69 Å². The zero-order valence-electron chi connectivity index (χ0n) is 11.8. The van der Waals surface area contributed by atoms with Gasteiger partial charge in [0.1, 0.15) is 0 Å². The average molecular weight is 311 g/mol. The van der Waals surface area contributed by atoms with Gasteiger partial charge in [-0.1, -0.05) is 13.0 Å². The number of aryl methyl sites for hydroxylation is 2. The number of nitrogens with one attached hydrogen (secondary N) is 1. The highest BCUT2D eigenvalue weighted by Gasteiger charge is 2.26. The predicted molar refractivity (Wildman–Crippen MR) is 82.5 cm³/mol. The lowest BCUT2D eigenvalue weighted by molar-refractivity contribution is 0.338. The van der Waals surface area contributed by atoms with E-state index in [0.717, 1.165) is 13.1 Å². The van der Waals surface area contributed by atoms with Gasteiger partial charge in [-0.25, -0.2) is 0 Å². The van der Waals surface area contributed by atoms with Crippen molar-refractivity contribution in [2.75, 3.05) is 25.0 Å². The van der Waals surface area contributed by atoms with Crippen molar-refractivity contribution >= 4 is 21.6 Å². The van der Waals surface area contributed by atoms with E-state index in [1.165, 1.54) is 27.7 Å². The molecule has 3 heteroatoms. The van der Waals surface area contributed by atoms with E-state index in [1.807, 2.05) is 0 Å². The van der Waals surface area contributed by atoms with Gasteiger partial charge in [0.2, 0.25) is 0 Å². The molecular weight excluding hydrogens is 288 g/mol. The Labute approximate surface area is 119 Å². The third-order valence-electron chi connectivity index (χ3n) is 3.99. The normalized spacial score (nSPS) is 24.4. The van der Waals surface area contributed by atoms with Crippen LogP contribution in [0.3, 0.4) is 0 Å². The van der Waals surface area contributed by atoms with Crippen LogP contribution in [0.2, 0.25) is 0 Å². The van der Waals surface area contributed by atoms with Crippen molar-refractivity contribution in [1.82, 2.24) is 5.32 Å². The third kappa shape index (κ3) is 2.72. The Morgan fingerprint density at radius 2 is 2.06 bits per heavy atom. The summed E-state index contributed by atoms with van der Waals surface area (Å²) in [6.45, 7) is 8.97. The lowest BCUT2D eigenvalue weighted by Crippen LogP contribution is -2.47. The quantitative estimate of drug-likeness (QED) is 0.899. The highest BCUT2D eigenvalue weighted by atomic mass is 79.9. The first-order valence-electron chi connectivity index (χ1n) is 6.72. The molecule has 100 valence electrons. The molecule has 2 atom stereocenters. The number of hydrogen-bond acceptors (Lipinski definition) is 2. The van der Waals surface area contributed by atoms with Gasteiger partial charge >= 0.3 is 0 Å². The Hall–Kier alpha value is -0.540. The maximum atomic E-state index is 3.73. The van der Waals surface area contributed by atoms with E-state index in [2.05, 4.69) is 66.1 Å². The highest BCUT2D eigenvalue weighted by Crippen LogP contribution is 2.34. The van der Waals surface area contributed by atoms with Crippen LogP contribution in [0, 0.1) is 19.8 Å². The molecule has 0 aliphatic carbocycles. The SMILES string of the molecule is CNC1CCN(c2c(C)cc(C)cc2Br)CC1C. The van der Waals surface area contributed by atoms with Crippen molar-refractivity contribution in [1.29, 1.82) is 0 Å². The lowest BCUT2D eigenvalue weighted by Gasteiger charge is -2.39. The van der Waals surface area contributed by atoms with E-state index in [4.69, 9.17) is 0 Å². The van der Waals surface area contributed by atoms with Gasteiger partial charge in [0.05, 0.1) is 5.69 Å². The molecule has 1 aromatic rings. The maximum Gasteiger partial charge on any atom is 0.0540 e. The number of halogens is 1. The molecule has 0 saturated carbocycles. The summed E-state index contributed by atoms with van der Waals surface area (Å²) in [6, 6.07) is 5.15. The molecule has 1 N–H and O–H groups in total. The summed E-state index contributed by atoms with van der Waals surface area (Å²) in [5, 5.41) is 3.43. The Bertz CT molecular complexity index is 407. The molecule has 0 bridgehead atoms. The summed E-state index contributed by atoms with van der Waals surface area (Å²) in [4.78, 5) is 2.53. The van der Waals surface area contributed by atoms with Crippen molar-refractivity contribution in [2.45, 2.75) is 33.2 Å². The predicted octanol–water partition coefficient (Wildman–Crippen LogP) is 3.50. The Kier molecular flexibility index (Phi) is 4.33. The van der Waals surface area contributed by atoms with Crippen LogP contribution in [0.25, 0.3) is 0 Å². The second kappa shape index (κ2) is 5.62. The van der Waals surface area contributed by atoms with Gasteiger partial charge in [-0.15, -0.1) is 0 Å². The van der Waals surface area contributed by atoms with E-state index in [-0.39, 0.29) is 0 Å². The van der Waals surface area contributed by atoms with E-state index in [0.29, 0.717) is 12.0 Å². The molecule has 1 aromatic carbocycles. The molecule has 1 fully saturated rings. The summed E-state index contributed by atoms with van der Waals surface area (Å²) >= 11 is 3.73. The first kappa shape index (κ1) is 13.9. The fourth-order valence-electron chi connectivity index (χ4n) is 3.09. The molecule has 0 amide bonds. The van der Waals surface area contributed by atoms with Crippen molar-refractivity contribution in [3.63, 3.8) is 0 Å². The Morgan fingerprint density at radius 1 is 1.33 bits per heavy atom. The van der Waals surface area contributed by atoms with E-state index < -0.39 is 0 Å². The number of hydrogen-bond donors (Lipinski definition) is 1. The zero-order chi connectivity index (χ0) is 13.3. The van der Waals surface area contributed by atoms with Crippen molar-refractivity contribution < 1.29 is 0 Å². The molecule has 1 aliphatic heterocycles.